The van der Waals surface area contributed by atoms with Crippen LogP contribution in [0, 0.1) is 12.7 Å². The Balaban J connectivity index is 1.71. The minimum Gasteiger partial charge on any atom is -0.494 e. The number of halogens is 1. The molecular formula is C25H21FN2O3S. The second kappa shape index (κ2) is 9.28. The molecule has 0 spiro atoms. The van der Waals surface area contributed by atoms with E-state index in [1.54, 1.807) is 36.4 Å². The number of hydrogen-bond acceptors (Lipinski definition) is 5. The van der Waals surface area contributed by atoms with Gasteiger partial charge in [-0.15, -0.1) is 0 Å². The number of para-hydroxylation sites is 1. The van der Waals surface area contributed by atoms with Gasteiger partial charge in [0.05, 0.1) is 18.0 Å². The molecule has 0 bridgehead atoms. The molecule has 0 fully saturated rings. The third kappa shape index (κ3) is 4.38. The largest absolute Gasteiger partial charge is 0.494 e. The van der Waals surface area contributed by atoms with Crippen molar-refractivity contribution in [1.29, 1.82) is 0 Å². The predicted molar refractivity (Wildman–Crippen MR) is 124 cm³/mol. The van der Waals surface area contributed by atoms with Crippen molar-refractivity contribution in [2.24, 2.45) is 0 Å². The van der Waals surface area contributed by atoms with Gasteiger partial charge >= 0.3 is 0 Å². The number of nitrogens with zero attached hydrogens (tertiary/aromatic N) is 1. The maximum atomic E-state index is 14.3. The van der Waals surface area contributed by atoms with Crippen LogP contribution in [0.2, 0.25) is 0 Å². The fraction of sp³-hybridized carbons (Fsp3) is 0.120. The quantitative estimate of drug-likeness (QED) is 0.482. The minimum atomic E-state index is -0.544. The van der Waals surface area contributed by atoms with Crippen LogP contribution in [0.15, 0.2) is 88.3 Å². The van der Waals surface area contributed by atoms with E-state index in [2.05, 4.69) is 5.32 Å². The predicted octanol–water partition coefficient (Wildman–Crippen LogP) is 5.52. The van der Waals surface area contributed by atoms with Gasteiger partial charge in [0.15, 0.2) is 0 Å². The second-order valence-electron chi connectivity index (χ2n) is 7.10. The molecule has 1 aliphatic heterocycles. The number of anilines is 2. The maximum Gasteiger partial charge on any atom is 0.283 e. The van der Waals surface area contributed by atoms with Crippen molar-refractivity contribution in [3.05, 3.63) is 94.8 Å². The summed E-state index contributed by atoms with van der Waals surface area (Å²) in [5.74, 6) is -0.887. The van der Waals surface area contributed by atoms with Gasteiger partial charge < -0.3 is 10.1 Å². The van der Waals surface area contributed by atoms with Crippen LogP contribution in [-0.2, 0) is 9.59 Å². The average molecular weight is 449 g/mol. The fourth-order valence-corrected chi connectivity index (χ4v) is 4.16. The van der Waals surface area contributed by atoms with Crippen LogP contribution in [0.1, 0.15) is 12.5 Å². The van der Waals surface area contributed by atoms with Crippen LogP contribution in [0.25, 0.3) is 0 Å². The molecule has 32 heavy (non-hydrogen) atoms. The van der Waals surface area contributed by atoms with Crippen molar-refractivity contribution in [1.82, 2.24) is 0 Å². The summed E-state index contributed by atoms with van der Waals surface area (Å²) in [5.41, 5.74) is 1.66. The summed E-state index contributed by atoms with van der Waals surface area (Å²) in [5, 5.41) is 2.85. The van der Waals surface area contributed by atoms with Crippen molar-refractivity contribution in [3.8, 4) is 5.75 Å². The average Bonchev–Trinajstić information content (AvgIpc) is 3.01. The summed E-state index contributed by atoms with van der Waals surface area (Å²) in [4.78, 5) is 28.8. The second-order valence-corrected chi connectivity index (χ2v) is 8.18. The Hall–Kier alpha value is -3.58. The minimum absolute atomic E-state index is 0.0413. The molecule has 0 atom stereocenters. The third-order valence-corrected chi connectivity index (χ3v) is 5.91. The first-order chi connectivity index (χ1) is 15.5. The molecular weight excluding hydrogens is 427 g/mol. The first-order valence-electron chi connectivity index (χ1n) is 10.1. The first kappa shape index (κ1) is 21.6. The molecule has 1 heterocycles. The molecule has 7 heteroatoms. The Morgan fingerprint density at radius 2 is 1.62 bits per heavy atom. The number of thioether (sulfide) groups is 1. The molecule has 5 nitrogen and oxygen atoms in total. The van der Waals surface area contributed by atoms with Crippen molar-refractivity contribution in [2.75, 3.05) is 16.8 Å². The summed E-state index contributed by atoms with van der Waals surface area (Å²) in [7, 11) is 0. The summed E-state index contributed by atoms with van der Waals surface area (Å²) < 4.78 is 19.7. The lowest BCUT2D eigenvalue weighted by atomic mass is 10.2. The first-order valence-corrected chi connectivity index (χ1v) is 10.9. The lowest BCUT2D eigenvalue weighted by molar-refractivity contribution is -0.120. The van der Waals surface area contributed by atoms with Gasteiger partial charge in [0.1, 0.15) is 22.2 Å². The number of aryl methyl sites for hydroxylation is 1. The lowest BCUT2D eigenvalue weighted by Gasteiger charge is -2.16. The lowest BCUT2D eigenvalue weighted by Crippen LogP contribution is -2.32. The summed E-state index contributed by atoms with van der Waals surface area (Å²) in [6, 6.07) is 20.4. The van der Waals surface area contributed by atoms with E-state index >= 15 is 0 Å². The zero-order valence-electron chi connectivity index (χ0n) is 17.6. The molecule has 1 aliphatic rings. The Bertz CT molecular complexity index is 1190. The number of hydrogen-bond donors (Lipinski definition) is 1. The number of rotatable bonds is 7. The highest BCUT2D eigenvalue weighted by molar-refractivity contribution is 8.04. The van der Waals surface area contributed by atoms with Crippen LogP contribution in [0.5, 0.6) is 5.75 Å². The molecule has 0 saturated carbocycles. The number of imide groups is 1. The molecule has 3 aromatic carbocycles. The van der Waals surface area contributed by atoms with Crippen LogP contribution in [0.4, 0.5) is 15.8 Å². The molecule has 0 aromatic heterocycles. The van der Waals surface area contributed by atoms with E-state index in [1.165, 1.54) is 23.9 Å². The number of carbonyl (C=O) groups excluding carboxylic acids is 2. The highest BCUT2D eigenvalue weighted by Gasteiger charge is 2.40. The van der Waals surface area contributed by atoms with E-state index in [1.807, 2.05) is 38.1 Å². The van der Waals surface area contributed by atoms with Gasteiger partial charge in [-0.25, -0.2) is 9.29 Å². The van der Waals surface area contributed by atoms with Gasteiger partial charge in [-0.2, -0.15) is 0 Å². The monoisotopic (exact) mass is 448 g/mol. The Labute approximate surface area is 189 Å². The van der Waals surface area contributed by atoms with Crippen LogP contribution >= 0.6 is 11.8 Å². The Morgan fingerprint density at radius 1 is 0.938 bits per heavy atom. The molecule has 4 rings (SSSR count). The van der Waals surface area contributed by atoms with Gasteiger partial charge in [-0.3, -0.25) is 9.59 Å². The van der Waals surface area contributed by atoms with Crippen molar-refractivity contribution in [3.63, 3.8) is 0 Å². The number of amides is 2. The smallest absolute Gasteiger partial charge is 0.283 e. The van der Waals surface area contributed by atoms with Crippen LogP contribution in [0.3, 0.4) is 0 Å². The van der Waals surface area contributed by atoms with E-state index < -0.39 is 17.6 Å². The number of carbonyl (C=O) groups is 2. The van der Waals surface area contributed by atoms with E-state index in [-0.39, 0.29) is 16.3 Å². The Morgan fingerprint density at radius 3 is 2.28 bits per heavy atom. The van der Waals surface area contributed by atoms with Crippen LogP contribution in [-0.4, -0.2) is 18.4 Å². The molecule has 162 valence electrons. The standard InChI is InChI=1S/C25H21FN2O3S/c1-3-31-18-12-10-17(11-13-18)28-24(29)22(27-21-7-5-4-6-20(21)26)23(25(28)30)32-19-14-8-16(2)9-15-19/h4-15,27H,3H2,1-2H3. The molecule has 0 saturated heterocycles. The van der Waals surface area contributed by atoms with Gasteiger partial charge in [-0.1, -0.05) is 41.6 Å². The van der Waals surface area contributed by atoms with Gasteiger partial charge in [0, 0.05) is 4.90 Å². The molecule has 3 aromatic rings. The maximum absolute atomic E-state index is 14.3. The zero-order chi connectivity index (χ0) is 22.7. The molecule has 0 unspecified atom stereocenters. The van der Waals surface area contributed by atoms with Gasteiger partial charge in [0.25, 0.3) is 11.8 Å². The molecule has 1 N–H and O–H groups in total. The van der Waals surface area contributed by atoms with Crippen molar-refractivity contribution < 1.29 is 18.7 Å². The van der Waals surface area contributed by atoms with Crippen molar-refractivity contribution in [2.45, 2.75) is 18.7 Å². The normalized spacial score (nSPS) is 13.7. The third-order valence-electron chi connectivity index (χ3n) is 4.82. The highest BCUT2D eigenvalue weighted by atomic mass is 32.2. The topological polar surface area (TPSA) is 58.6 Å². The van der Waals surface area contributed by atoms with Crippen LogP contribution < -0.4 is 15.0 Å². The number of nitrogens with one attached hydrogen (secondary N) is 1. The Kier molecular flexibility index (Phi) is 6.28. The van der Waals surface area contributed by atoms with E-state index in [4.69, 9.17) is 4.74 Å². The fourth-order valence-electron chi connectivity index (χ4n) is 3.23. The number of ether oxygens (including phenoxy) is 1. The molecule has 0 aliphatic carbocycles. The van der Waals surface area contributed by atoms with E-state index in [9.17, 15) is 14.0 Å². The van der Waals surface area contributed by atoms with Gasteiger partial charge in [0.2, 0.25) is 0 Å². The van der Waals surface area contributed by atoms with Gasteiger partial charge in [-0.05, 0) is 62.4 Å². The zero-order valence-corrected chi connectivity index (χ0v) is 18.4. The molecule has 0 radical (unpaired) electrons. The molecule has 2 amide bonds. The summed E-state index contributed by atoms with van der Waals surface area (Å²) >= 11 is 1.17. The number of benzene rings is 3. The van der Waals surface area contributed by atoms with E-state index in [0.717, 1.165) is 15.4 Å². The van der Waals surface area contributed by atoms with Crippen molar-refractivity contribution >= 4 is 35.0 Å². The van der Waals surface area contributed by atoms with E-state index in [0.29, 0.717) is 18.0 Å². The highest BCUT2D eigenvalue weighted by Crippen LogP contribution is 2.38. The summed E-state index contributed by atoms with van der Waals surface area (Å²) in [6.45, 7) is 4.36. The summed E-state index contributed by atoms with van der Waals surface area (Å²) in [6.07, 6.45) is 0. The SMILES string of the molecule is CCOc1ccc(N2C(=O)C(Nc3ccccc3F)=C(Sc3ccc(C)cc3)C2=O)cc1.